The van der Waals surface area contributed by atoms with Crippen LogP contribution in [-0.4, -0.2) is 28.9 Å². The van der Waals surface area contributed by atoms with E-state index < -0.39 is 44.4 Å². The van der Waals surface area contributed by atoms with Gasteiger partial charge in [0.2, 0.25) is 10.0 Å². The Morgan fingerprint density at radius 2 is 1.96 bits per heavy atom. The summed E-state index contributed by atoms with van der Waals surface area (Å²) >= 11 is 4.77. The Morgan fingerprint density at radius 1 is 1.36 bits per heavy atom. The molecule has 3 N–H and O–H groups in total. The number of nitrogens with two attached hydrogens (primary N) is 1. The molecule has 0 spiro atoms. The second-order valence-corrected chi connectivity index (χ2v) is 8.07. The Hall–Kier alpha value is -2.54. The minimum atomic E-state index is -4.81. The van der Waals surface area contributed by atoms with Gasteiger partial charge in [-0.15, -0.1) is 0 Å². The third-order valence-corrected chi connectivity index (χ3v) is 5.26. The van der Waals surface area contributed by atoms with Crippen molar-refractivity contribution < 1.29 is 26.0 Å². The molecule has 1 aromatic carbocycles. The molecule has 0 unspecified atom stereocenters. The number of aromatic nitrogens is 2. The van der Waals surface area contributed by atoms with Gasteiger partial charge in [0, 0.05) is 11.1 Å². The van der Waals surface area contributed by atoms with Crippen molar-refractivity contribution >= 4 is 32.9 Å². The molecular weight excluding hydrogens is 424 g/mol. The zero-order valence-corrected chi connectivity index (χ0v) is 16.1. The zero-order valence-electron chi connectivity index (χ0n) is 14.5. The predicted molar refractivity (Wildman–Crippen MR) is 98.5 cm³/mol. The first-order chi connectivity index (χ1) is 12.8. The fourth-order valence-electron chi connectivity index (χ4n) is 2.25. The van der Waals surface area contributed by atoms with Crippen LogP contribution >= 0.6 is 12.2 Å². The van der Waals surface area contributed by atoms with E-state index >= 15 is 0 Å². The molecule has 0 atom stereocenters. The number of benzene rings is 1. The normalized spacial score (nSPS) is 12.1. The van der Waals surface area contributed by atoms with Crippen molar-refractivity contribution in [1.82, 2.24) is 9.78 Å². The number of sulfonamides is 1. The third kappa shape index (κ3) is 4.30. The van der Waals surface area contributed by atoms with Crippen LogP contribution in [0.4, 0.5) is 23.2 Å². The predicted octanol–water partition coefficient (Wildman–Crippen LogP) is 2.09. The van der Waals surface area contributed by atoms with Crippen LogP contribution in [-0.2, 0) is 16.2 Å². The molecule has 28 heavy (non-hydrogen) atoms. The number of rotatable bonds is 5. The monoisotopic (exact) mass is 438 g/mol. The van der Waals surface area contributed by atoms with Crippen molar-refractivity contribution in [3.8, 4) is 5.69 Å². The van der Waals surface area contributed by atoms with Crippen molar-refractivity contribution in [3.05, 3.63) is 51.2 Å². The van der Waals surface area contributed by atoms with E-state index in [1.165, 1.54) is 6.92 Å². The summed E-state index contributed by atoms with van der Waals surface area (Å²) in [5, 5.41) is 3.37. The highest BCUT2D eigenvalue weighted by molar-refractivity contribution is 7.92. The van der Waals surface area contributed by atoms with E-state index in [1.807, 2.05) is 0 Å². The van der Waals surface area contributed by atoms with Gasteiger partial charge in [-0.05, 0) is 26.0 Å². The maximum absolute atomic E-state index is 14.5. The molecule has 0 amide bonds. The topological polar surface area (TPSA) is 107 Å². The summed E-state index contributed by atoms with van der Waals surface area (Å²) in [6.45, 7) is 2.27. The molecule has 0 aliphatic carbocycles. The van der Waals surface area contributed by atoms with E-state index in [1.54, 1.807) is 0 Å². The summed E-state index contributed by atoms with van der Waals surface area (Å²) in [7, 11) is -3.83. The molecule has 152 valence electrons. The van der Waals surface area contributed by atoms with Gasteiger partial charge in [0.15, 0.2) is 0 Å². The van der Waals surface area contributed by atoms with E-state index in [2.05, 4.69) is 9.82 Å². The van der Waals surface area contributed by atoms with E-state index in [9.17, 15) is 30.8 Å². The lowest BCUT2D eigenvalue weighted by atomic mass is 10.1. The second-order valence-electron chi connectivity index (χ2n) is 5.62. The molecule has 0 radical (unpaired) electrons. The number of halogens is 4. The fraction of sp³-hybridized carbons (Fsp3) is 0.267. The summed E-state index contributed by atoms with van der Waals surface area (Å²) in [6, 6.07) is 1.66. The van der Waals surface area contributed by atoms with E-state index in [0.717, 1.165) is 19.1 Å². The Labute approximate surface area is 162 Å². The molecule has 1 aromatic heterocycles. The van der Waals surface area contributed by atoms with E-state index in [-0.39, 0.29) is 22.0 Å². The Kier molecular flexibility index (Phi) is 5.80. The molecule has 0 aliphatic rings. The molecule has 0 fully saturated rings. The lowest BCUT2D eigenvalue weighted by molar-refractivity contribution is -0.138. The van der Waals surface area contributed by atoms with Crippen molar-refractivity contribution in [3.63, 3.8) is 0 Å². The highest BCUT2D eigenvalue weighted by Crippen LogP contribution is 2.30. The fourth-order valence-corrected chi connectivity index (χ4v) is 3.07. The van der Waals surface area contributed by atoms with Crippen LogP contribution in [0.2, 0.25) is 0 Å². The average molecular weight is 438 g/mol. The standard InChI is InChI=1S/C15H14F4N4O3S2/c1-3-28(25,26)22-11-5-12(10(16)4-8(11)13(20)27)23-14(24)7(2)9(6-21-23)15(17,18)19/h4-6,22H,3H2,1-2H3,(H2,20,27). The molecule has 7 nitrogen and oxygen atoms in total. The molecule has 1 heterocycles. The highest BCUT2D eigenvalue weighted by Gasteiger charge is 2.34. The Balaban J connectivity index is 2.75. The first-order valence-corrected chi connectivity index (χ1v) is 9.65. The van der Waals surface area contributed by atoms with Gasteiger partial charge in [-0.25, -0.2) is 12.8 Å². The highest BCUT2D eigenvalue weighted by atomic mass is 32.2. The number of alkyl halides is 3. The molecule has 0 saturated carbocycles. The minimum Gasteiger partial charge on any atom is -0.389 e. The van der Waals surface area contributed by atoms with Gasteiger partial charge < -0.3 is 5.73 Å². The van der Waals surface area contributed by atoms with Crippen LogP contribution in [0.25, 0.3) is 5.69 Å². The van der Waals surface area contributed by atoms with Gasteiger partial charge in [0.1, 0.15) is 16.5 Å². The van der Waals surface area contributed by atoms with Gasteiger partial charge in [-0.3, -0.25) is 9.52 Å². The molecule has 2 rings (SSSR count). The minimum absolute atomic E-state index is 0.162. The van der Waals surface area contributed by atoms with E-state index in [4.69, 9.17) is 18.0 Å². The van der Waals surface area contributed by atoms with Gasteiger partial charge in [0.05, 0.1) is 23.2 Å². The summed E-state index contributed by atoms with van der Waals surface area (Å²) in [6.07, 6.45) is -4.43. The Bertz CT molecular complexity index is 1110. The molecule has 0 aliphatic heterocycles. The number of thiocarbonyl (C=S) groups is 1. The molecule has 0 bridgehead atoms. The largest absolute Gasteiger partial charge is 0.418 e. The van der Waals surface area contributed by atoms with Crippen molar-refractivity contribution in [2.45, 2.75) is 20.0 Å². The van der Waals surface area contributed by atoms with Crippen LogP contribution < -0.4 is 16.0 Å². The summed E-state index contributed by atoms with van der Waals surface area (Å²) < 4.78 is 79.5. The van der Waals surface area contributed by atoms with Gasteiger partial charge >= 0.3 is 6.18 Å². The van der Waals surface area contributed by atoms with Crippen molar-refractivity contribution in [2.24, 2.45) is 5.73 Å². The number of hydrogen-bond donors (Lipinski definition) is 2. The summed E-state index contributed by atoms with van der Waals surface area (Å²) in [4.78, 5) is 12.0. The van der Waals surface area contributed by atoms with Gasteiger partial charge in [-0.1, -0.05) is 12.2 Å². The van der Waals surface area contributed by atoms with Crippen molar-refractivity contribution in [2.75, 3.05) is 10.5 Å². The number of anilines is 1. The molecule has 0 saturated heterocycles. The smallest absolute Gasteiger partial charge is 0.389 e. The number of nitrogens with one attached hydrogen (secondary N) is 1. The van der Waals surface area contributed by atoms with E-state index in [0.29, 0.717) is 10.9 Å². The maximum atomic E-state index is 14.5. The summed E-state index contributed by atoms with van der Waals surface area (Å²) in [5.41, 5.74) is 1.32. The first-order valence-electron chi connectivity index (χ1n) is 7.58. The average Bonchev–Trinajstić information content (AvgIpc) is 2.57. The zero-order chi connectivity index (χ0) is 21.4. The number of nitrogens with zero attached hydrogens (tertiary/aromatic N) is 2. The van der Waals surface area contributed by atoms with Gasteiger partial charge in [0.25, 0.3) is 5.56 Å². The SMILES string of the molecule is CCS(=O)(=O)Nc1cc(-n2ncc(C(F)(F)F)c(C)c2=O)c(F)cc1C(N)=S. The molecule has 13 heteroatoms. The van der Waals surface area contributed by atoms with Crippen LogP contribution in [0, 0.1) is 12.7 Å². The first kappa shape index (κ1) is 21.8. The van der Waals surface area contributed by atoms with Crippen molar-refractivity contribution in [1.29, 1.82) is 0 Å². The van der Waals surface area contributed by atoms with Crippen LogP contribution in [0.3, 0.4) is 0 Å². The lowest BCUT2D eigenvalue weighted by Gasteiger charge is -2.16. The van der Waals surface area contributed by atoms with Crippen LogP contribution in [0.5, 0.6) is 0 Å². The second kappa shape index (κ2) is 7.47. The van der Waals surface area contributed by atoms with Crippen LogP contribution in [0.1, 0.15) is 23.6 Å². The van der Waals surface area contributed by atoms with Crippen LogP contribution in [0.15, 0.2) is 23.1 Å². The maximum Gasteiger partial charge on any atom is 0.418 e. The molecular formula is C15H14F4N4O3S2. The Morgan fingerprint density at radius 3 is 2.46 bits per heavy atom. The third-order valence-electron chi connectivity index (χ3n) is 3.75. The number of hydrogen-bond acceptors (Lipinski definition) is 5. The summed E-state index contributed by atoms with van der Waals surface area (Å²) in [5.74, 6) is -1.41. The van der Waals surface area contributed by atoms with Gasteiger partial charge in [-0.2, -0.15) is 23.0 Å². The quantitative estimate of drug-likeness (QED) is 0.547. The molecule has 2 aromatic rings. The lowest BCUT2D eigenvalue weighted by Crippen LogP contribution is -2.28.